The second-order valence-electron chi connectivity index (χ2n) is 4.99. The van der Waals surface area contributed by atoms with Crippen LogP contribution in [0.2, 0.25) is 5.02 Å². The topological polar surface area (TPSA) is 9.23 Å². The van der Waals surface area contributed by atoms with E-state index in [1.165, 1.54) is 16.7 Å². The molecule has 1 nitrogen and oxygen atoms in total. The van der Waals surface area contributed by atoms with E-state index in [-0.39, 0.29) is 6.10 Å². The Morgan fingerprint density at radius 1 is 1.00 bits per heavy atom. The highest BCUT2D eigenvalue weighted by Crippen LogP contribution is 2.28. The van der Waals surface area contributed by atoms with Crippen LogP contribution in [0.3, 0.4) is 0 Å². The Bertz CT molecular complexity index is 560. The first-order chi connectivity index (χ1) is 9.63. The Hall–Kier alpha value is -1.31. The second-order valence-corrected chi connectivity index (χ2v) is 5.43. The molecule has 2 aromatic rings. The summed E-state index contributed by atoms with van der Waals surface area (Å²) in [6.07, 6.45) is 1.01. The van der Waals surface area contributed by atoms with Gasteiger partial charge in [-0.2, -0.15) is 0 Å². The van der Waals surface area contributed by atoms with E-state index in [0.717, 1.165) is 17.0 Å². The Morgan fingerprint density at radius 3 is 2.30 bits per heavy atom. The molecule has 1 atom stereocenters. The molecule has 0 bridgehead atoms. The van der Waals surface area contributed by atoms with E-state index in [1.54, 1.807) is 0 Å². The van der Waals surface area contributed by atoms with E-state index in [9.17, 15) is 0 Å². The minimum atomic E-state index is -0.0255. The fourth-order valence-electron chi connectivity index (χ4n) is 2.44. The van der Waals surface area contributed by atoms with Gasteiger partial charge < -0.3 is 4.74 Å². The molecule has 0 radical (unpaired) electrons. The Morgan fingerprint density at radius 2 is 1.70 bits per heavy atom. The number of halogens is 1. The predicted octanol–water partition coefficient (Wildman–Crippen LogP) is 5.34. The summed E-state index contributed by atoms with van der Waals surface area (Å²) >= 11 is 5.97. The van der Waals surface area contributed by atoms with Crippen molar-refractivity contribution in [3.63, 3.8) is 0 Å². The lowest BCUT2D eigenvalue weighted by molar-refractivity contribution is 0.0913. The molecule has 2 heteroatoms. The Labute approximate surface area is 126 Å². The van der Waals surface area contributed by atoms with Crippen molar-refractivity contribution < 1.29 is 4.74 Å². The second kappa shape index (κ2) is 6.92. The third kappa shape index (κ3) is 3.62. The number of aryl methyl sites for hydroxylation is 2. The lowest BCUT2D eigenvalue weighted by Crippen LogP contribution is -2.07. The summed E-state index contributed by atoms with van der Waals surface area (Å²) < 4.78 is 5.97. The molecule has 2 aromatic carbocycles. The van der Waals surface area contributed by atoms with Crippen LogP contribution < -0.4 is 0 Å². The van der Waals surface area contributed by atoms with Crippen molar-refractivity contribution in [2.45, 2.75) is 33.3 Å². The van der Waals surface area contributed by atoms with E-state index in [4.69, 9.17) is 16.3 Å². The van der Waals surface area contributed by atoms with Crippen LogP contribution >= 0.6 is 11.6 Å². The minimum absolute atomic E-state index is 0.0255. The molecule has 0 heterocycles. The summed E-state index contributed by atoms with van der Waals surface area (Å²) in [6.45, 7) is 7.02. The molecule has 0 aliphatic heterocycles. The zero-order valence-corrected chi connectivity index (χ0v) is 13.1. The predicted molar refractivity (Wildman–Crippen MR) is 85.5 cm³/mol. The highest BCUT2D eigenvalue weighted by Gasteiger charge is 2.15. The van der Waals surface area contributed by atoms with E-state index >= 15 is 0 Å². The number of rotatable bonds is 5. The molecule has 0 aliphatic rings. The molecule has 0 aromatic heterocycles. The van der Waals surface area contributed by atoms with Crippen LogP contribution in [0.5, 0.6) is 0 Å². The maximum absolute atomic E-state index is 5.97. The van der Waals surface area contributed by atoms with Crippen LogP contribution in [-0.2, 0) is 11.2 Å². The standard InChI is InChI=1S/C18H21ClO/c1-4-14-10-13(3)11-16(12-14)18(20-5-2)15-6-8-17(19)9-7-15/h6-12,18H,4-5H2,1-3H3. The van der Waals surface area contributed by atoms with Gasteiger partial charge in [-0.3, -0.25) is 0 Å². The van der Waals surface area contributed by atoms with Gasteiger partial charge in [-0.25, -0.2) is 0 Å². The summed E-state index contributed by atoms with van der Waals surface area (Å²) in [5.41, 5.74) is 4.98. The quantitative estimate of drug-likeness (QED) is 0.722. The smallest absolute Gasteiger partial charge is 0.108 e. The van der Waals surface area contributed by atoms with Crippen molar-refractivity contribution in [3.05, 3.63) is 69.7 Å². The fraction of sp³-hybridized carbons (Fsp3) is 0.333. The average Bonchev–Trinajstić information content (AvgIpc) is 2.45. The molecular formula is C18H21ClO. The highest BCUT2D eigenvalue weighted by molar-refractivity contribution is 6.30. The van der Waals surface area contributed by atoms with Gasteiger partial charge in [0.2, 0.25) is 0 Å². The van der Waals surface area contributed by atoms with Crippen molar-refractivity contribution in [2.75, 3.05) is 6.61 Å². The molecule has 20 heavy (non-hydrogen) atoms. The van der Waals surface area contributed by atoms with Crippen molar-refractivity contribution >= 4 is 11.6 Å². The molecule has 0 spiro atoms. The van der Waals surface area contributed by atoms with E-state index in [1.807, 2.05) is 31.2 Å². The average molecular weight is 289 g/mol. The molecule has 0 N–H and O–H groups in total. The van der Waals surface area contributed by atoms with Gasteiger partial charge in [0.15, 0.2) is 0 Å². The van der Waals surface area contributed by atoms with E-state index in [2.05, 4.69) is 32.0 Å². The van der Waals surface area contributed by atoms with Crippen LogP contribution in [0.1, 0.15) is 42.2 Å². The summed E-state index contributed by atoms with van der Waals surface area (Å²) in [7, 11) is 0. The first-order valence-corrected chi connectivity index (χ1v) is 7.49. The number of ether oxygens (including phenoxy) is 1. The molecule has 2 rings (SSSR count). The van der Waals surface area contributed by atoms with Gasteiger partial charge in [0.25, 0.3) is 0 Å². The summed E-state index contributed by atoms with van der Waals surface area (Å²) in [5.74, 6) is 0. The fourth-order valence-corrected chi connectivity index (χ4v) is 2.57. The lowest BCUT2D eigenvalue weighted by atomic mass is 9.96. The van der Waals surface area contributed by atoms with Crippen molar-refractivity contribution in [1.29, 1.82) is 0 Å². The molecule has 0 amide bonds. The molecule has 0 saturated heterocycles. The third-order valence-corrected chi connectivity index (χ3v) is 3.63. The zero-order chi connectivity index (χ0) is 14.5. The Balaban J connectivity index is 2.42. The van der Waals surface area contributed by atoms with Crippen LogP contribution in [-0.4, -0.2) is 6.61 Å². The molecule has 0 aliphatic carbocycles. The third-order valence-electron chi connectivity index (χ3n) is 3.38. The zero-order valence-electron chi connectivity index (χ0n) is 12.3. The van der Waals surface area contributed by atoms with Gasteiger partial charge >= 0.3 is 0 Å². The summed E-state index contributed by atoms with van der Waals surface area (Å²) in [5, 5.41) is 0.752. The maximum atomic E-state index is 5.97. The Kier molecular flexibility index (Phi) is 5.22. The first kappa shape index (κ1) is 15.1. The van der Waals surface area contributed by atoms with E-state index < -0.39 is 0 Å². The molecule has 106 valence electrons. The molecule has 1 unspecified atom stereocenters. The van der Waals surface area contributed by atoms with Crippen LogP contribution in [0, 0.1) is 6.92 Å². The van der Waals surface area contributed by atoms with Crippen molar-refractivity contribution in [3.8, 4) is 0 Å². The largest absolute Gasteiger partial charge is 0.369 e. The van der Waals surface area contributed by atoms with Crippen molar-refractivity contribution in [1.82, 2.24) is 0 Å². The highest BCUT2D eigenvalue weighted by atomic mass is 35.5. The van der Waals surface area contributed by atoms with Gasteiger partial charge in [-0.1, -0.05) is 54.4 Å². The monoisotopic (exact) mass is 288 g/mol. The van der Waals surface area contributed by atoms with Crippen LogP contribution in [0.25, 0.3) is 0 Å². The van der Waals surface area contributed by atoms with Crippen LogP contribution in [0.4, 0.5) is 0 Å². The number of hydrogen-bond donors (Lipinski definition) is 0. The first-order valence-electron chi connectivity index (χ1n) is 7.11. The van der Waals surface area contributed by atoms with Crippen molar-refractivity contribution in [2.24, 2.45) is 0 Å². The van der Waals surface area contributed by atoms with Crippen LogP contribution in [0.15, 0.2) is 42.5 Å². The van der Waals surface area contributed by atoms with Gasteiger partial charge in [0.05, 0.1) is 0 Å². The summed E-state index contributed by atoms with van der Waals surface area (Å²) in [6, 6.07) is 14.6. The number of benzene rings is 2. The molecule has 0 saturated carbocycles. The molecular weight excluding hydrogens is 268 g/mol. The van der Waals surface area contributed by atoms with Gasteiger partial charge in [0, 0.05) is 11.6 Å². The number of hydrogen-bond acceptors (Lipinski definition) is 1. The molecule has 0 fully saturated rings. The lowest BCUT2D eigenvalue weighted by Gasteiger charge is -2.19. The minimum Gasteiger partial charge on any atom is -0.369 e. The summed E-state index contributed by atoms with van der Waals surface area (Å²) in [4.78, 5) is 0. The maximum Gasteiger partial charge on any atom is 0.108 e. The van der Waals surface area contributed by atoms with Gasteiger partial charge in [0.1, 0.15) is 6.10 Å². The SMILES string of the molecule is CCOC(c1ccc(Cl)cc1)c1cc(C)cc(CC)c1. The normalized spacial score (nSPS) is 12.4. The van der Waals surface area contributed by atoms with Gasteiger partial charge in [-0.15, -0.1) is 0 Å². The van der Waals surface area contributed by atoms with Gasteiger partial charge in [-0.05, 0) is 49.1 Å². The van der Waals surface area contributed by atoms with E-state index in [0.29, 0.717) is 6.61 Å².